The minimum Gasteiger partial charge on any atom is -0.300 e. The molecule has 0 spiro atoms. The van der Waals surface area contributed by atoms with Gasteiger partial charge in [0.25, 0.3) is 0 Å². The first kappa shape index (κ1) is 21.5. The number of nitrogens with zero attached hydrogens (tertiary/aromatic N) is 1. The molecule has 162 valence electrons. The van der Waals surface area contributed by atoms with Gasteiger partial charge < -0.3 is 4.90 Å². The smallest absolute Gasteiger partial charge is 0.241 e. The van der Waals surface area contributed by atoms with Crippen LogP contribution in [0.15, 0.2) is 59.5 Å². The van der Waals surface area contributed by atoms with Gasteiger partial charge in [0.1, 0.15) is 0 Å². The van der Waals surface area contributed by atoms with Gasteiger partial charge in [0.2, 0.25) is 10.0 Å². The van der Waals surface area contributed by atoms with E-state index in [1.54, 1.807) is 12.1 Å². The van der Waals surface area contributed by atoms with Crippen LogP contribution in [0, 0.1) is 12.8 Å². The van der Waals surface area contributed by atoms with Crippen LogP contribution in [0.25, 0.3) is 0 Å². The molecule has 2 fully saturated rings. The summed E-state index contributed by atoms with van der Waals surface area (Å²) >= 11 is 0. The van der Waals surface area contributed by atoms with Crippen LogP contribution in [0.4, 0.5) is 0 Å². The Morgan fingerprint density at radius 3 is 2.23 bits per heavy atom. The molecule has 4 rings (SSSR count). The standard InChI is InChI=1S/C25H34N2O2S/c1-20-14-16-22(17-15-20)30(28,29)26-25(21-10-4-2-5-11-21)23-12-6-7-13-24(23)27-18-8-3-9-19-27/h2,4-5,10-11,14-17,23-26H,3,6-9,12-13,18-19H2,1H3/t23-,24-,25+/m0/s1. The monoisotopic (exact) mass is 426 g/mol. The van der Waals surface area contributed by atoms with Gasteiger partial charge in [-0.05, 0) is 69.3 Å². The third-order valence-corrected chi connectivity index (χ3v) is 8.30. The second-order valence-corrected chi connectivity index (χ2v) is 10.6. The summed E-state index contributed by atoms with van der Waals surface area (Å²) in [7, 11) is -3.60. The van der Waals surface area contributed by atoms with E-state index in [-0.39, 0.29) is 6.04 Å². The molecule has 2 aromatic carbocycles. The van der Waals surface area contributed by atoms with Crippen LogP contribution in [0.3, 0.4) is 0 Å². The van der Waals surface area contributed by atoms with E-state index in [9.17, 15) is 8.42 Å². The molecule has 1 saturated carbocycles. The van der Waals surface area contributed by atoms with Crippen molar-refractivity contribution in [1.29, 1.82) is 0 Å². The largest absolute Gasteiger partial charge is 0.300 e. The molecule has 2 aromatic rings. The summed E-state index contributed by atoms with van der Waals surface area (Å²) < 4.78 is 29.8. The second kappa shape index (κ2) is 9.63. The molecule has 0 radical (unpaired) electrons. The zero-order chi connectivity index (χ0) is 21.0. The minimum atomic E-state index is -3.60. The normalized spacial score (nSPS) is 24.4. The third-order valence-electron chi connectivity index (χ3n) is 6.84. The lowest BCUT2D eigenvalue weighted by Crippen LogP contribution is -2.49. The summed E-state index contributed by atoms with van der Waals surface area (Å²) in [5, 5.41) is 0. The highest BCUT2D eigenvalue weighted by molar-refractivity contribution is 7.89. The number of rotatable bonds is 6. The van der Waals surface area contributed by atoms with Crippen LogP contribution in [0.2, 0.25) is 0 Å². The molecule has 0 amide bonds. The van der Waals surface area contributed by atoms with Crippen LogP contribution < -0.4 is 4.72 Å². The molecule has 1 saturated heterocycles. The lowest BCUT2D eigenvalue weighted by atomic mass is 9.76. The van der Waals surface area contributed by atoms with Gasteiger partial charge in [-0.1, -0.05) is 67.3 Å². The van der Waals surface area contributed by atoms with E-state index in [4.69, 9.17) is 0 Å². The molecule has 1 N–H and O–H groups in total. The number of hydrogen-bond acceptors (Lipinski definition) is 3. The summed E-state index contributed by atoms with van der Waals surface area (Å²) in [5.74, 6) is 0.291. The summed E-state index contributed by atoms with van der Waals surface area (Å²) in [6.07, 6.45) is 8.48. The van der Waals surface area contributed by atoms with E-state index in [0.29, 0.717) is 16.9 Å². The van der Waals surface area contributed by atoms with E-state index in [0.717, 1.165) is 30.6 Å². The minimum absolute atomic E-state index is 0.204. The predicted molar refractivity (Wildman–Crippen MR) is 122 cm³/mol. The number of aryl methyl sites for hydroxylation is 1. The molecule has 0 unspecified atom stereocenters. The van der Waals surface area contributed by atoms with E-state index in [1.807, 2.05) is 37.3 Å². The van der Waals surface area contributed by atoms with E-state index in [2.05, 4.69) is 21.8 Å². The van der Waals surface area contributed by atoms with Gasteiger partial charge >= 0.3 is 0 Å². The topological polar surface area (TPSA) is 49.4 Å². The average Bonchev–Trinajstić information content (AvgIpc) is 2.79. The van der Waals surface area contributed by atoms with Gasteiger partial charge in [0.05, 0.1) is 10.9 Å². The van der Waals surface area contributed by atoms with Gasteiger partial charge in [-0.2, -0.15) is 0 Å². The number of sulfonamides is 1. The molecule has 30 heavy (non-hydrogen) atoms. The Morgan fingerprint density at radius 1 is 0.867 bits per heavy atom. The highest BCUT2D eigenvalue weighted by Crippen LogP contribution is 2.39. The SMILES string of the molecule is Cc1ccc(S(=O)(=O)N[C@H](c2ccccc2)[C@H]2CCCC[C@@H]2N2CCCCC2)cc1. The van der Waals surface area contributed by atoms with Crippen molar-refractivity contribution in [3.8, 4) is 0 Å². The van der Waals surface area contributed by atoms with Crippen LogP contribution in [-0.4, -0.2) is 32.4 Å². The first-order chi connectivity index (χ1) is 14.5. The molecule has 0 aromatic heterocycles. The molecule has 5 heteroatoms. The maximum Gasteiger partial charge on any atom is 0.241 e. The van der Waals surface area contributed by atoms with E-state index in [1.165, 1.54) is 38.5 Å². The van der Waals surface area contributed by atoms with Gasteiger partial charge in [0, 0.05) is 6.04 Å². The number of likely N-dealkylation sites (tertiary alicyclic amines) is 1. The maximum absolute atomic E-state index is 13.3. The summed E-state index contributed by atoms with van der Waals surface area (Å²) in [6.45, 7) is 4.27. The number of benzene rings is 2. The molecular formula is C25H34N2O2S. The number of piperidine rings is 1. The van der Waals surface area contributed by atoms with Gasteiger partial charge in [-0.3, -0.25) is 0 Å². The Kier molecular flexibility index (Phi) is 6.91. The molecule has 1 aliphatic carbocycles. The van der Waals surface area contributed by atoms with Crippen molar-refractivity contribution < 1.29 is 8.42 Å². The lowest BCUT2D eigenvalue weighted by molar-refractivity contribution is 0.0695. The van der Waals surface area contributed by atoms with Crippen LogP contribution >= 0.6 is 0 Å². The second-order valence-electron chi connectivity index (χ2n) is 8.93. The molecular weight excluding hydrogens is 392 g/mol. The molecule has 3 atom stereocenters. The zero-order valence-corrected chi connectivity index (χ0v) is 18.8. The van der Waals surface area contributed by atoms with Crippen LogP contribution in [0.1, 0.15) is 62.1 Å². The molecule has 4 nitrogen and oxygen atoms in total. The van der Waals surface area contributed by atoms with Crippen molar-refractivity contribution in [1.82, 2.24) is 9.62 Å². The lowest BCUT2D eigenvalue weighted by Gasteiger charge is -2.45. The highest BCUT2D eigenvalue weighted by Gasteiger charge is 2.38. The molecule has 1 aliphatic heterocycles. The molecule has 2 aliphatic rings. The van der Waals surface area contributed by atoms with Crippen molar-refractivity contribution in [3.63, 3.8) is 0 Å². The Balaban J connectivity index is 1.66. The highest BCUT2D eigenvalue weighted by atomic mass is 32.2. The summed E-state index contributed by atoms with van der Waals surface area (Å²) in [4.78, 5) is 2.99. The van der Waals surface area contributed by atoms with Gasteiger partial charge in [-0.25, -0.2) is 13.1 Å². The Bertz CT molecular complexity index is 906. The first-order valence-electron chi connectivity index (χ1n) is 11.4. The zero-order valence-electron chi connectivity index (χ0n) is 18.0. The number of nitrogens with one attached hydrogen (secondary N) is 1. The van der Waals surface area contributed by atoms with Crippen molar-refractivity contribution in [2.24, 2.45) is 5.92 Å². The van der Waals surface area contributed by atoms with E-state index < -0.39 is 10.0 Å². The number of hydrogen-bond donors (Lipinski definition) is 1. The average molecular weight is 427 g/mol. The molecule has 0 bridgehead atoms. The van der Waals surface area contributed by atoms with Crippen molar-refractivity contribution >= 4 is 10.0 Å². The van der Waals surface area contributed by atoms with Gasteiger partial charge in [0.15, 0.2) is 0 Å². The molecule has 1 heterocycles. The Morgan fingerprint density at radius 2 is 1.53 bits per heavy atom. The Hall–Kier alpha value is -1.69. The van der Waals surface area contributed by atoms with Crippen molar-refractivity contribution in [2.75, 3.05) is 13.1 Å². The fourth-order valence-electron chi connectivity index (χ4n) is 5.25. The van der Waals surface area contributed by atoms with E-state index >= 15 is 0 Å². The summed E-state index contributed by atoms with van der Waals surface area (Å²) in [6, 6.07) is 17.6. The predicted octanol–water partition coefficient (Wildman–Crippen LogP) is 5.06. The fraction of sp³-hybridized carbons (Fsp3) is 0.520. The van der Waals surface area contributed by atoms with Gasteiger partial charge in [-0.15, -0.1) is 0 Å². The summed E-state index contributed by atoms with van der Waals surface area (Å²) in [5.41, 5.74) is 2.13. The van der Waals surface area contributed by atoms with Crippen molar-refractivity contribution in [2.45, 2.75) is 68.8 Å². The first-order valence-corrected chi connectivity index (χ1v) is 12.9. The quantitative estimate of drug-likeness (QED) is 0.702. The van der Waals surface area contributed by atoms with Crippen LogP contribution in [0.5, 0.6) is 0 Å². The van der Waals surface area contributed by atoms with Crippen LogP contribution in [-0.2, 0) is 10.0 Å². The maximum atomic E-state index is 13.3. The van der Waals surface area contributed by atoms with Crippen molar-refractivity contribution in [3.05, 3.63) is 65.7 Å². The fourth-order valence-corrected chi connectivity index (χ4v) is 6.52. The Labute approximate surface area is 181 Å². The third kappa shape index (κ3) is 4.96.